The van der Waals surface area contributed by atoms with Gasteiger partial charge in [-0.3, -0.25) is 4.79 Å². The number of pyridine rings is 2. The van der Waals surface area contributed by atoms with E-state index in [4.69, 9.17) is 11.6 Å². The Hall–Kier alpha value is -2.48. The summed E-state index contributed by atoms with van der Waals surface area (Å²) in [4.78, 5) is 22.7. The maximum atomic E-state index is 12.8. The molecule has 1 aliphatic heterocycles. The van der Waals surface area contributed by atoms with Crippen molar-refractivity contribution in [3.8, 4) is 0 Å². The van der Waals surface area contributed by atoms with E-state index in [1.807, 2.05) is 22.7 Å². The zero-order chi connectivity index (χ0) is 19.6. The number of halogens is 1. The summed E-state index contributed by atoms with van der Waals surface area (Å²) in [6.45, 7) is 2.15. The minimum absolute atomic E-state index is 0.00838. The molecule has 0 aromatic carbocycles. The van der Waals surface area contributed by atoms with Gasteiger partial charge >= 0.3 is 0 Å². The predicted octanol–water partition coefficient (Wildman–Crippen LogP) is 2.14. The second-order valence-electron chi connectivity index (χ2n) is 7.25. The fourth-order valence-corrected chi connectivity index (χ4v) is 3.60. The third-order valence-corrected chi connectivity index (χ3v) is 5.44. The van der Waals surface area contributed by atoms with E-state index in [0.29, 0.717) is 49.7 Å². The summed E-state index contributed by atoms with van der Waals surface area (Å²) in [6, 6.07) is 7.31. The molecule has 0 radical (unpaired) electrons. The van der Waals surface area contributed by atoms with Gasteiger partial charge in [0.15, 0.2) is 0 Å². The molecule has 146 valence electrons. The van der Waals surface area contributed by atoms with Crippen molar-refractivity contribution < 1.29 is 9.90 Å². The first kappa shape index (κ1) is 18.9. The number of fused-ring (bicyclic) bond motifs is 1. The van der Waals surface area contributed by atoms with E-state index in [1.165, 1.54) is 0 Å². The second kappa shape index (κ2) is 7.87. The molecule has 4 heterocycles. The molecule has 0 aliphatic carbocycles. The van der Waals surface area contributed by atoms with Crippen LogP contribution in [0.25, 0.3) is 5.52 Å². The molecule has 2 N–H and O–H groups in total. The maximum Gasteiger partial charge on any atom is 0.253 e. The molecule has 1 aliphatic rings. The first-order valence-corrected chi connectivity index (χ1v) is 9.65. The van der Waals surface area contributed by atoms with Crippen LogP contribution in [0, 0.1) is 0 Å². The van der Waals surface area contributed by atoms with Crippen LogP contribution in [0.15, 0.2) is 49.2 Å². The lowest BCUT2D eigenvalue weighted by atomic mass is 9.91. The van der Waals surface area contributed by atoms with E-state index in [2.05, 4.69) is 15.3 Å². The summed E-state index contributed by atoms with van der Waals surface area (Å²) in [5, 5.41) is 14.6. The fourth-order valence-electron chi connectivity index (χ4n) is 3.49. The number of rotatable bonds is 5. The molecule has 4 rings (SSSR count). The molecule has 1 amide bonds. The summed E-state index contributed by atoms with van der Waals surface area (Å²) in [6.07, 6.45) is 8.08. The van der Waals surface area contributed by atoms with Gasteiger partial charge in [0, 0.05) is 44.1 Å². The first-order chi connectivity index (χ1) is 13.5. The quantitative estimate of drug-likeness (QED) is 0.642. The van der Waals surface area contributed by atoms with Crippen molar-refractivity contribution in [2.45, 2.75) is 25.0 Å². The Labute approximate surface area is 168 Å². The second-order valence-corrected chi connectivity index (χ2v) is 7.64. The SMILES string of the molecule is O=C(c1ccn2cncc2c1)N1CCC(O)(CNCc2ccc(Cl)nc2)CC1. The van der Waals surface area contributed by atoms with Gasteiger partial charge in [-0.05, 0) is 36.6 Å². The van der Waals surface area contributed by atoms with Crippen LogP contribution < -0.4 is 5.32 Å². The fraction of sp³-hybridized carbons (Fsp3) is 0.350. The van der Waals surface area contributed by atoms with E-state index >= 15 is 0 Å². The highest BCUT2D eigenvalue weighted by Gasteiger charge is 2.33. The normalized spacial score (nSPS) is 16.4. The lowest BCUT2D eigenvalue weighted by Crippen LogP contribution is -2.51. The molecule has 7 nitrogen and oxygen atoms in total. The first-order valence-electron chi connectivity index (χ1n) is 9.27. The molecule has 0 bridgehead atoms. The van der Waals surface area contributed by atoms with Crippen LogP contribution in [0.1, 0.15) is 28.8 Å². The zero-order valence-corrected chi connectivity index (χ0v) is 16.1. The molecule has 1 fully saturated rings. The van der Waals surface area contributed by atoms with E-state index in [0.717, 1.165) is 11.1 Å². The number of nitrogens with zero attached hydrogens (tertiary/aromatic N) is 4. The number of aromatic nitrogens is 3. The van der Waals surface area contributed by atoms with Gasteiger partial charge in [-0.2, -0.15) is 0 Å². The molecule has 1 saturated heterocycles. The molecule has 0 atom stereocenters. The van der Waals surface area contributed by atoms with Gasteiger partial charge in [0.1, 0.15) is 5.15 Å². The number of nitrogens with one attached hydrogen (secondary N) is 1. The molecule has 0 saturated carbocycles. The number of likely N-dealkylation sites (tertiary alicyclic amines) is 1. The van der Waals surface area contributed by atoms with E-state index in [-0.39, 0.29) is 5.91 Å². The molecule has 8 heteroatoms. The van der Waals surface area contributed by atoms with Crippen LogP contribution in [-0.2, 0) is 6.54 Å². The molecule has 28 heavy (non-hydrogen) atoms. The number of carbonyl (C=O) groups is 1. The van der Waals surface area contributed by atoms with Gasteiger partial charge in [-0.15, -0.1) is 0 Å². The topological polar surface area (TPSA) is 82.8 Å². The van der Waals surface area contributed by atoms with Crippen LogP contribution in [0.3, 0.4) is 0 Å². The van der Waals surface area contributed by atoms with E-state index < -0.39 is 5.60 Å². The van der Waals surface area contributed by atoms with Crippen molar-refractivity contribution in [3.05, 3.63) is 65.5 Å². The minimum Gasteiger partial charge on any atom is -0.388 e. The minimum atomic E-state index is -0.813. The Morgan fingerprint density at radius 2 is 2.07 bits per heavy atom. The van der Waals surface area contributed by atoms with Gasteiger partial charge in [-0.1, -0.05) is 17.7 Å². The van der Waals surface area contributed by atoms with Gasteiger partial charge < -0.3 is 19.7 Å². The van der Waals surface area contributed by atoms with Crippen molar-refractivity contribution in [2.75, 3.05) is 19.6 Å². The Morgan fingerprint density at radius 1 is 1.25 bits per heavy atom. The monoisotopic (exact) mass is 399 g/mol. The van der Waals surface area contributed by atoms with Crippen molar-refractivity contribution in [3.63, 3.8) is 0 Å². The molecular weight excluding hydrogens is 378 g/mol. The van der Waals surface area contributed by atoms with Crippen LogP contribution in [0.5, 0.6) is 0 Å². The van der Waals surface area contributed by atoms with Crippen LogP contribution >= 0.6 is 11.6 Å². The lowest BCUT2D eigenvalue weighted by Gasteiger charge is -2.38. The van der Waals surface area contributed by atoms with Crippen LogP contribution in [0.4, 0.5) is 0 Å². The lowest BCUT2D eigenvalue weighted by molar-refractivity contribution is -0.0158. The third-order valence-electron chi connectivity index (χ3n) is 5.21. The highest BCUT2D eigenvalue weighted by atomic mass is 35.5. The Balaban J connectivity index is 1.30. The number of hydrogen-bond acceptors (Lipinski definition) is 5. The van der Waals surface area contributed by atoms with E-state index in [1.54, 1.807) is 35.8 Å². The van der Waals surface area contributed by atoms with Crippen molar-refractivity contribution in [1.29, 1.82) is 0 Å². The summed E-state index contributed by atoms with van der Waals surface area (Å²) >= 11 is 5.79. The maximum absolute atomic E-state index is 12.8. The number of amides is 1. The number of carbonyl (C=O) groups excluding carboxylic acids is 1. The molecular formula is C20H22ClN5O2. The van der Waals surface area contributed by atoms with Crippen LogP contribution in [0.2, 0.25) is 5.15 Å². The van der Waals surface area contributed by atoms with Crippen molar-refractivity contribution in [2.24, 2.45) is 0 Å². The van der Waals surface area contributed by atoms with Gasteiger partial charge in [0.25, 0.3) is 5.91 Å². The predicted molar refractivity (Wildman–Crippen MR) is 106 cm³/mol. The van der Waals surface area contributed by atoms with Crippen LogP contribution in [-0.4, -0.2) is 55.5 Å². The van der Waals surface area contributed by atoms with E-state index in [9.17, 15) is 9.90 Å². The highest BCUT2D eigenvalue weighted by Crippen LogP contribution is 2.23. The molecule has 3 aromatic rings. The smallest absolute Gasteiger partial charge is 0.253 e. The summed E-state index contributed by atoms with van der Waals surface area (Å²) < 4.78 is 1.87. The number of aliphatic hydroxyl groups is 1. The van der Waals surface area contributed by atoms with Gasteiger partial charge in [0.2, 0.25) is 0 Å². The third kappa shape index (κ3) is 4.16. The van der Waals surface area contributed by atoms with Crippen molar-refractivity contribution in [1.82, 2.24) is 24.6 Å². The number of imidazole rings is 1. The standard InChI is InChI=1S/C20H22ClN5O2/c21-18-2-1-15(11-24-18)10-22-13-20(28)4-7-25(8-5-20)19(27)16-3-6-26-14-23-12-17(26)9-16/h1-3,6,9,11-12,14,22,28H,4-5,7-8,10,13H2. The van der Waals surface area contributed by atoms with Crippen molar-refractivity contribution >= 4 is 23.0 Å². The summed E-state index contributed by atoms with van der Waals surface area (Å²) in [7, 11) is 0. The van der Waals surface area contributed by atoms with Gasteiger partial charge in [0.05, 0.1) is 23.6 Å². The summed E-state index contributed by atoms with van der Waals surface area (Å²) in [5.41, 5.74) is 1.73. The Kier molecular flexibility index (Phi) is 5.30. The van der Waals surface area contributed by atoms with Gasteiger partial charge in [-0.25, -0.2) is 9.97 Å². The Morgan fingerprint density at radius 3 is 2.82 bits per heavy atom. The zero-order valence-electron chi connectivity index (χ0n) is 15.4. The summed E-state index contributed by atoms with van der Waals surface area (Å²) in [5.74, 6) is -0.00838. The Bertz CT molecular complexity index is 964. The molecule has 0 unspecified atom stereocenters. The largest absolute Gasteiger partial charge is 0.388 e. The number of hydrogen-bond donors (Lipinski definition) is 2. The average Bonchev–Trinajstić information content (AvgIpc) is 3.17. The number of piperidine rings is 1. The molecule has 0 spiro atoms. The average molecular weight is 400 g/mol. The molecule has 3 aromatic heterocycles. The highest BCUT2D eigenvalue weighted by molar-refractivity contribution is 6.29.